The topological polar surface area (TPSA) is 40.5 Å². The van der Waals surface area contributed by atoms with Gasteiger partial charge < -0.3 is 10.2 Å². The number of halogens is 2. The monoisotopic (exact) mass is 220 g/mol. The van der Waals surface area contributed by atoms with Gasteiger partial charge in [-0.3, -0.25) is 0 Å². The van der Waals surface area contributed by atoms with Crippen molar-refractivity contribution < 1.29 is 10.2 Å². The molecule has 0 spiro atoms. The molecule has 0 fully saturated rings. The molecule has 1 atom stereocenters. The van der Waals surface area contributed by atoms with Gasteiger partial charge in [-0.1, -0.05) is 35.3 Å². The third-order valence-electron chi connectivity index (χ3n) is 1.84. The zero-order chi connectivity index (χ0) is 10.1. The molecule has 0 aromatic heterocycles. The van der Waals surface area contributed by atoms with Crippen molar-refractivity contribution in [3.63, 3.8) is 0 Å². The quantitative estimate of drug-likeness (QED) is 0.803. The fraction of sp³-hybridized carbons (Fsp3) is 0.333. The van der Waals surface area contributed by atoms with Crippen LogP contribution in [0, 0.1) is 0 Å². The molecule has 0 heterocycles. The summed E-state index contributed by atoms with van der Waals surface area (Å²) >= 11 is 11.6. The number of aliphatic hydroxyl groups excluding tert-OH is 1. The molecule has 13 heavy (non-hydrogen) atoms. The Hall–Kier alpha value is -0.280. The minimum Gasteiger partial charge on any atom is -0.393 e. The second-order valence-electron chi connectivity index (χ2n) is 3.03. The van der Waals surface area contributed by atoms with E-state index in [4.69, 9.17) is 28.3 Å². The maximum atomic E-state index is 9.71. The number of hydrogen-bond acceptors (Lipinski definition) is 2. The molecule has 0 aliphatic heterocycles. The molecule has 1 aromatic rings. The van der Waals surface area contributed by atoms with Gasteiger partial charge in [-0.15, -0.1) is 0 Å². The summed E-state index contributed by atoms with van der Waals surface area (Å²) in [4.78, 5) is 0. The van der Waals surface area contributed by atoms with E-state index in [2.05, 4.69) is 0 Å². The highest BCUT2D eigenvalue weighted by molar-refractivity contribution is 6.42. The number of hydrogen-bond donors (Lipinski definition) is 2. The van der Waals surface area contributed by atoms with E-state index in [-0.39, 0.29) is 5.02 Å². The standard InChI is InChI=1S/C9H10Cl2O2/c1-9(13,5-12)6-3-2-4-7(10)8(6)11/h2-4,12-13H,5H2,1H3. The highest BCUT2D eigenvalue weighted by Crippen LogP contribution is 2.32. The molecule has 1 aromatic carbocycles. The Bertz CT molecular complexity index is 310. The number of aliphatic hydroxyl groups is 2. The van der Waals surface area contributed by atoms with Crippen LogP contribution in [-0.2, 0) is 5.60 Å². The second kappa shape index (κ2) is 3.84. The Morgan fingerprint density at radius 3 is 2.54 bits per heavy atom. The zero-order valence-electron chi connectivity index (χ0n) is 7.09. The van der Waals surface area contributed by atoms with Crippen LogP contribution < -0.4 is 0 Å². The SMILES string of the molecule is CC(O)(CO)c1cccc(Cl)c1Cl. The van der Waals surface area contributed by atoms with Crippen molar-refractivity contribution in [3.8, 4) is 0 Å². The Labute approximate surface area is 86.7 Å². The maximum absolute atomic E-state index is 9.71. The lowest BCUT2D eigenvalue weighted by Gasteiger charge is -2.22. The number of rotatable bonds is 2. The van der Waals surface area contributed by atoms with Gasteiger partial charge in [0.15, 0.2) is 0 Å². The van der Waals surface area contributed by atoms with Crippen LogP contribution in [0.5, 0.6) is 0 Å². The molecule has 1 rings (SSSR count). The maximum Gasteiger partial charge on any atom is 0.111 e. The average Bonchev–Trinajstić information content (AvgIpc) is 2.09. The molecule has 0 aliphatic carbocycles. The minimum atomic E-state index is -1.35. The van der Waals surface area contributed by atoms with Gasteiger partial charge in [0.05, 0.1) is 16.7 Å². The molecule has 1 unspecified atom stereocenters. The van der Waals surface area contributed by atoms with Gasteiger partial charge in [0.2, 0.25) is 0 Å². The van der Waals surface area contributed by atoms with E-state index in [1.165, 1.54) is 6.92 Å². The first-order valence-electron chi connectivity index (χ1n) is 3.77. The van der Waals surface area contributed by atoms with Crippen LogP contribution in [0.25, 0.3) is 0 Å². The molecular formula is C9H10Cl2O2. The van der Waals surface area contributed by atoms with Gasteiger partial charge in [0.1, 0.15) is 5.60 Å². The van der Waals surface area contributed by atoms with Crippen LogP contribution in [0.1, 0.15) is 12.5 Å². The van der Waals surface area contributed by atoms with Crippen molar-refractivity contribution in [2.45, 2.75) is 12.5 Å². The fourth-order valence-electron chi connectivity index (χ4n) is 1.00. The first-order chi connectivity index (χ1) is 5.99. The van der Waals surface area contributed by atoms with Crippen LogP contribution in [0.2, 0.25) is 10.0 Å². The van der Waals surface area contributed by atoms with E-state index in [0.717, 1.165) is 0 Å². The summed E-state index contributed by atoms with van der Waals surface area (Å²) in [5.74, 6) is 0. The summed E-state index contributed by atoms with van der Waals surface area (Å²) < 4.78 is 0. The lowest BCUT2D eigenvalue weighted by Crippen LogP contribution is -2.26. The first kappa shape index (κ1) is 10.8. The summed E-state index contributed by atoms with van der Waals surface area (Å²) in [5, 5.41) is 19.3. The van der Waals surface area contributed by atoms with Crippen molar-refractivity contribution in [3.05, 3.63) is 33.8 Å². The Morgan fingerprint density at radius 1 is 1.38 bits per heavy atom. The third-order valence-corrected chi connectivity index (χ3v) is 2.66. The van der Waals surface area contributed by atoms with E-state index in [1.54, 1.807) is 18.2 Å². The van der Waals surface area contributed by atoms with Crippen LogP contribution in [0.15, 0.2) is 18.2 Å². The van der Waals surface area contributed by atoms with Crippen molar-refractivity contribution in [2.24, 2.45) is 0 Å². The molecule has 2 nitrogen and oxygen atoms in total. The van der Waals surface area contributed by atoms with Gasteiger partial charge in [-0.2, -0.15) is 0 Å². The predicted octanol–water partition coefficient (Wildman–Crippen LogP) is 2.19. The third kappa shape index (κ3) is 2.15. The van der Waals surface area contributed by atoms with Gasteiger partial charge >= 0.3 is 0 Å². The Balaban J connectivity index is 3.22. The molecular weight excluding hydrogens is 211 g/mol. The van der Waals surface area contributed by atoms with Crippen LogP contribution in [0.4, 0.5) is 0 Å². The number of benzene rings is 1. The van der Waals surface area contributed by atoms with E-state index in [1.807, 2.05) is 0 Å². The highest BCUT2D eigenvalue weighted by Gasteiger charge is 2.25. The Kier molecular flexibility index (Phi) is 3.19. The molecule has 4 heteroatoms. The van der Waals surface area contributed by atoms with Crippen molar-refractivity contribution in [1.29, 1.82) is 0 Å². The van der Waals surface area contributed by atoms with Crippen molar-refractivity contribution in [2.75, 3.05) is 6.61 Å². The lowest BCUT2D eigenvalue weighted by molar-refractivity contribution is -0.00218. The molecule has 0 saturated carbocycles. The van der Waals surface area contributed by atoms with E-state index >= 15 is 0 Å². The summed E-state index contributed by atoms with van der Waals surface area (Å²) in [5.41, 5.74) is -0.911. The molecule has 0 aliphatic rings. The predicted molar refractivity (Wildman–Crippen MR) is 53.1 cm³/mol. The van der Waals surface area contributed by atoms with Crippen molar-refractivity contribution in [1.82, 2.24) is 0 Å². The summed E-state index contributed by atoms with van der Waals surface area (Å²) in [7, 11) is 0. The average molecular weight is 221 g/mol. The second-order valence-corrected chi connectivity index (χ2v) is 3.82. The smallest absolute Gasteiger partial charge is 0.111 e. The summed E-state index contributed by atoms with van der Waals surface area (Å²) in [6.07, 6.45) is 0. The Morgan fingerprint density at radius 2 is 2.00 bits per heavy atom. The minimum absolute atomic E-state index is 0.281. The molecule has 72 valence electrons. The largest absolute Gasteiger partial charge is 0.393 e. The van der Waals surface area contributed by atoms with E-state index in [0.29, 0.717) is 10.6 Å². The molecule has 0 saturated heterocycles. The van der Waals surface area contributed by atoms with Gasteiger partial charge in [0, 0.05) is 5.56 Å². The zero-order valence-corrected chi connectivity index (χ0v) is 8.60. The molecule has 0 amide bonds. The lowest BCUT2D eigenvalue weighted by atomic mass is 9.97. The van der Waals surface area contributed by atoms with Gasteiger partial charge in [-0.25, -0.2) is 0 Å². The van der Waals surface area contributed by atoms with Gasteiger partial charge in [-0.05, 0) is 13.0 Å². The highest BCUT2D eigenvalue weighted by atomic mass is 35.5. The van der Waals surface area contributed by atoms with Crippen LogP contribution in [-0.4, -0.2) is 16.8 Å². The van der Waals surface area contributed by atoms with Gasteiger partial charge in [0.25, 0.3) is 0 Å². The first-order valence-corrected chi connectivity index (χ1v) is 4.52. The molecule has 0 bridgehead atoms. The van der Waals surface area contributed by atoms with Crippen LogP contribution in [0.3, 0.4) is 0 Å². The fourth-order valence-corrected chi connectivity index (χ4v) is 1.51. The van der Waals surface area contributed by atoms with E-state index < -0.39 is 12.2 Å². The molecule has 0 radical (unpaired) electrons. The molecule has 2 N–H and O–H groups in total. The normalized spacial score (nSPS) is 15.5. The summed E-state index contributed by atoms with van der Waals surface area (Å²) in [6, 6.07) is 4.93. The van der Waals surface area contributed by atoms with E-state index in [9.17, 15) is 5.11 Å². The summed E-state index contributed by atoms with van der Waals surface area (Å²) in [6.45, 7) is 1.08. The van der Waals surface area contributed by atoms with Crippen LogP contribution >= 0.6 is 23.2 Å². The van der Waals surface area contributed by atoms with Crippen molar-refractivity contribution >= 4 is 23.2 Å².